The monoisotopic (exact) mass is 412 g/mol. The Morgan fingerprint density at radius 2 is 1.39 bits per heavy atom. The van der Waals surface area contributed by atoms with Crippen molar-refractivity contribution in [2.75, 3.05) is 0 Å². The summed E-state index contributed by atoms with van der Waals surface area (Å²) in [5, 5.41) is 0. The molecule has 0 spiro atoms. The van der Waals surface area contributed by atoms with Crippen molar-refractivity contribution in [3.05, 3.63) is 82.0 Å². The lowest BCUT2D eigenvalue weighted by Crippen LogP contribution is -2.25. The SMILES string of the molecule is CC(C)(C)C1=CC(C)(c2c(C(C)(C)C)ccc3c2Cc2cc(C(C)(C)C)ccc2-3)C=C1. The molecule has 1 unspecified atom stereocenters. The minimum absolute atomic E-state index is 0.0640. The van der Waals surface area contributed by atoms with E-state index in [1.807, 2.05) is 0 Å². The second-order valence-corrected chi connectivity index (χ2v) is 13.0. The molecule has 2 aromatic carbocycles. The summed E-state index contributed by atoms with van der Waals surface area (Å²) in [7, 11) is 0. The maximum atomic E-state index is 2.53. The largest absolute Gasteiger partial charge is 0.0701 e. The molecule has 0 heteroatoms. The lowest BCUT2D eigenvalue weighted by molar-refractivity contribution is 0.514. The van der Waals surface area contributed by atoms with Gasteiger partial charge in [0, 0.05) is 5.41 Å². The lowest BCUT2D eigenvalue weighted by Gasteiger charge is -2.33. The molecule has 164 valence electrons. The van der Waals surface area contributed by atoms with Gasteiger partial charge in [0.25, 0.3) is 0 Å². The van der Waals surface area contributed by atoms with Crippen molar-refractivity contribution in [1.82, 2.24) is 0 Å². The second kappa shape index (κ2) is 6.71. The van der Waals surface area contributed by atoms with Gasteiger partial charge < -0.3 is 0 Å². The number of hydrogen-bond acceptors (Lipinski definition) is 0. The van der Waals surface area contributed by atoms with Gasteiger partial charge in [0.2, 0.25) is 0 Å². The minimum atomic E-state index is -0.0640. The number of allylic oxidation sites excluding steroid dienone is 4. The van der Waals surface area contributed by atoms with E-state index in [-0.39, 0.29) is 21.7 Å². The van der Waals surface area contributed by atoms with Gasteiger partial charge in [-0.05, 0) is 74.1 Å². The van der Waals surface area contributed by atoms with Crippen LogP contribution in [-0.2, 0) is 22.7 Å². The molecule has 0 radical (unpaired) electrons. The molecular formula is C31H40. The maximum Gasteiger partial charge on any atom is 0.0298 e. The molecule has 0 nitrogen and oxygen atoms in total. The molecule has 31 heavy (non-hydrogen) atoms. The van der Waals surface area contributed by atoms with E-state index in [4.69, 9.17) is 0 Å². The predicted molar refractivity (Wildman–Crippen MR) is 136 cm³/mol. The van der Waals surface area contributed by atoms with Gasteiger partial charge in [-0.3, -0.25) is 0 Å². The molecule has 0 amide bonds. The third-order valence-electron chi connectivity index (χ3n) is 7.22. The van der Waals surface area contributed by atoms with E-state index in [9.17, 15) is 0 Å². The third kappa shape index (κ3) is 3.73. The van der Waals surface area contributed by atoms with Gasteiger partial charge >= 0.3 is 0 Å². The highest BCUT2D eigenvalue weighted by molar-refractivity contribution is 5.80. The normalized spacial score (nSPS) is 20.6. The van der Waals surface area contributed by atoms with Gasteiger partial charge in [-0.15, -0.1) is 0 Å². The van der Waals surface area contributed by atoms with Gasteiger partial charge in [0.15, 0.2) is 0 Å². The number of benzene rings is 2. The van der Waals surface area contributed by atoms with Crippen molar-refractivity contribution >= 4 is 0 Å². The molecule has 0 bridgehead atoms. The first-order chi connectivity index (χ1) is 14.1. The molecule has 0 aliphatic heterocycles. The fourth-order valence-corrected chi connectivity index (χ4v) is 5.29. The Hall–Kier alpha value is -2.08. The van der Waals surface area contributed by atoms with E-state index < -0.39 is 0 Å². The summed E-state index contributed by atoms with van der Waals surface area (Å²) in [6, 6.07) is 12.0. The van der Waals surface area contributed by atoms with E-state index in [0.29, 0.717) is 0 Å². The van der Waals surface area contributed by atoms with Gasteiger partial charge in [0.05, 0.1) is 0 Å². The van der Waals surface area contributed by atoms with Crippen LogP contribution in [0, 0.1) is 5.41 Å². The highest BCUT2D eigenvalue weighted by Gasteiger charge is 2.38. The third-order valence-corrected chi connectivity index (χ3v) is 7.22. The molecule has 0 N–H and O–H groups in total. The Balaban J connectivity index is 1.94. The van der Waals surface area contributed by atoms with Crippen molar-refractivity contribution < 1.29 is 0 Å². The summed E-state index contributed by atoms with van der Waals surface area (Å²) in [5.41, 5.74) is 12.1. The summed E-state index contributed by atoms with van der Waals surface area (Å²) < 4.78 is 0. The Bertz CT molecular complexity index is 1100. The van der Waals surface area contributed by atoms with Gasteiger partial charge in [-0.1, -0.05) is 111 Å². The zero-order valence-electron chi connectivity index (χ0n) is 21.3. The van der Waals surface area contributed by atoms with Gasteiger partial charge in [-0.2, -0.15) is 0 Å². The van der Waals surface area contributed by atoms with E-state index in [2.05, 4.69) is 118 Å². The lowest BCUT2D eigenvalue weighted by atomic mass is 9.70. The minimum Gasteiger partial charge on any atom is -0.0701 e. The zero-order valence-corrected chi connectivity index (χ0v) is 21.3. The van der Waals surface area contributed by atoms with E-state index >= 15 is 0 Å². The van der Waals surface area contributed by atoms with Crippen molar-refractivity contribution in [3.8, 4) is 11.1 Å². The van der Waals surface area contributed by atoms with Gasteiger partial charge in [0.1, 0.15) is 0 Å². The summed E-state index contributed by atoms with van der Waals surface area (Å²) in [6.07, 6.45) is 8.38. The fourth-order valence-electron chi connectivity index (χ4n) is 5.29. The van der Waals surface area contributed by atoms with Crippen molar-refractivity contribution in [3.63, 3.8) is 0 Å². The first-order valence-corrected chi connectivity index (χ1v) is 11.8. The maximum absolute atomic E-state index is 2.53. The molecule has 0 fully saturated rings. The van der Waals surface area contributed by atoms with Crippen molar-refractivity contribution in [1.29, 1.82) is 0 Å². The molecule has 2 aliphatic rings. The standard InChI is InChI=1S/C31H40/c1-28(2,3)21-11-12-23-20(17-21)18-25-24(23)13-14-26(30(7,8)9)27(25)31(10)16-15-22(19-31)29(4,5)6/h11-17,19H,18H2,1-10H3. The Labute approximate surface area is 190 Å². The predicted octanol–water partition coefficient (Wildman–Crippen LogP) is 8.65. The highest BCUT2D eigenvalue weighted by atomic mass is 14.4. The number of fused-ring (bicyclic) bond motifs is 3. The number of hydrogen-bond donors (Lipinski definition) is 0. The first-order valence-electron chi connectivity index (χ1n) is 11.8. The van der Waals surface area contributed by atoms with Crippen LogP contribution in [0.2, 0.25) is 0 Å². The van der Waals surface area contributed by atoms with Crippen LogP contribution in [0.25, 0.3) is 11.1 Å². The molecule has 4 rings (SSSR count). The Morgan fingerprint density at radius 3 is 1.94 bits per heavy atom. The smallest absolute Gasteiger partial charge is 0.0298 e. The highest BCUT2D eigenvalue weighted by Crippen LogP contribution is 2.50. The van der Waals surface area contributed by atoms with Crippen LogP contribution in [0.5, 0.6) is 0 Å². The van der Waals surface area contributed by atoms with E-state index in [0.717, 1.165) is 6.42 Å². The van der Waals surface area contributed by atoms with Crippen molar-refractivity contribution in [2.24, 2.45) is 5.41 Å². The first kappa shape index (κ1) is 22.1. The molecule has 0 heterocycles. The molecular weight excluding hydrogens is 372 g/mol. The van der Waals surface area contributed by atoms with E-state index in [1.165, 1.54) is 44.5 Å². The summed E-state index contributed by atoms with van der Waals surface area (Å²) in [6.45, 7) is 23.4. The molecule has 2 aliphatic carbocycles. The Kier molecular flexibility index (Phi) is 4.79. The Morgan fingerprint density at radius 1 is 0.742 bits per heavy atom. The fraction of sp³-hybridized carbons (Fsp3) is 0.484. The molecule has 2 aromatic rings. The second-order valence-electron chi connectivity index (χ2n) is 13.0. The molecule has 1 atom stereocenters. The summed E-state index contributed by atoms with van der Waals surface area (Å²) >= 11 is 0. The molecule has 0 aromatic heterocycles. The average molecular weight is 413 g/mol. The average Bonchev–Trinajstić information content (AvgIpc) is 3.20. The van der Waals surface area contributed by atoms with Gasteiger partial charge in [-0.25, -0.2) is 0 Å². The summed E-state index contributed by atoms with van der Waals surface area (Å²) in [5.74, 6) is 0. The molecule has 0 saturated heterocycles. The molecule has 0 saturated carbocycles. The van der Waals surface area contributed by atoms with E-state index in [1.54, 1.807) is 0 Å². The van der Waals surface area contributed by atoms with Crippen LogP contribution in [0.15, 0.2) is 54.1 Å². The number of rotatable bonds is 1. The summed E-state index contributed by atoms with van der Waals surface area (Å²) in [4.78, 5) is 0. The topological polar surface area (TPSA) is 0 Å². The van der Waals surface area contributed by atoms with Crippen LogP contribution in [0.4, 0.5) is 0 Å². The zero-order chi connectivity index (χ0) is 23.0. The van der Waals surface area contributed by atoms with Crippen LogP contribution < -0.4 is 0 Å². The van der Waals surface area contributed by atoms with Crippen LogP contribution in [0.1, 0.15) is 97.1 Å². The van der Waals surface area contributed by atoms with Crippen LogP contribution in [-0.4, -0.2) is 0 Å². The van der Waals surface area contributed by atoms with Crippen LogP contribution >= 0.6 is 0 Å². The van der Waals surface area contributed by atoms with Crippen molar-refractivity contribution in [2.45, 2.75) is 91.9 Å². The quantitative estimate of drug-likeness (QED) is 0.375. The van der Waals surface area contributed by atoms with Crippen LogP contribution in [0.3, 0.4) is 0 Å².